The van der Waals surface area contributed by atoms with Crippen LogP contribution in [0.1, 0.15) is 179 Å². The second-order valence-corrected chi connectivity index (χ2v) is 16.3. The normalized spacial score (nSPS) is 13.3. The molecule has 1 atom stereocenters. The number of benzene rings is 2. The highest BCUT2D eigenvalue weighted by molar-refractivity contribution is 5.44. The van der Waals surface area contributed by atoms with Gasteiger partial charge in [0.05, 0.1) is 25.2 Å². The number of hydrogen-bond acceptors (Lipinski definition) is 4. The summed E-state index contributed by atoms with van der Waals surface area (Å²) in [5.74, 6) is 0.748. The molecule has 0 aliphatic rings. The molecule has 268 valence electrons. The second kappa shape index (κ2) is 20.6. The van der Waals surface area contributed by atoms with Crippen LogP contribution in [-0.2, 0) is 23.7 Å². The number of aliphatic hydroxyl groups is 3. The summed E-state index contributed by atoms with van der Waals surface area (Å²) in [5.41, 5.74) is 4.15. The molecule has 0 radical (unpaired) electrons. The van der Waals surface area contributed by atoms with Gasteiger partial charge in [0.2, 0.25) is 0 Å². The average molecular weight is 653 g/mol. The van der Waals surface area contributed by atoms with Crippen LogP contribution in [0.4, 0.5) is 0 Å². The van der Waals surface area contributed by atoms with E-state index in [2.05, 4.69) is 91.8 Å². The minimum atomic E-state index is -1.26. The van der Waals surface area contributed by atoms with Crippen molar-refractivity contribution in [2.45, 2.75) is 175 Å². The highest BCUT2D eigenvalue weighted by Crippen LogP contribution is 2.44. The highest BCUT2D eigenvalue weighted by atomic mass is 16.5. The van der Waals surface area contributed by atoms with Crippen LogP contribution in [-0.4, -0.2) is 35.1 Å². The molecule has 0 saturated heterocycles. The van der Waals surface area contributed by atoms with E-state index < -0.39 is 31.3 Å². The van der Waals surface area contributed by atoms with Crippen molar-refractivity contribution >= 4 is 0 Å². The van der Waals surface area contributed by atoms with E-state index in [0.717, 1.165) is 35.3 Å². The Balaban J connectivity index is 2.42. The van der Waals surface area contributed by atoms with E-state index in [1.54, 1.807) is 0 Å². The first-order chi connectivity index (χ1) is 22.4. The summed E-state index contributed by atoms with van der Waals surface area (Å²) in [6.07, 6.45) is 19.3. The first-order valence-corrected chi connectivity index (χ1v) is 19.1. The molecule has 2 aromatic rings. The van der Waals surface area contributed by atoms with Gasteiger partial charge in [0.1, 0.15) is 11.9 Å². The zero-order chi connectivity index (χ0) is 34.9. The molecule has 0 bridgehead atoms. The van der Waals surface area contributed by atoms with Crippen LogP contribution in [0.3, 0.4) is 0 Å². The summed E-state index contributed by atoms with van der Waals surface area (Å²) < 4.78 is 6.97. The summed E-state index contributed by atoms with van der Waals surface area (Å²) in [6.45, 7) is 16.6. The van der Waals surface area contributed by atoms with Crippen molar-refractivity contribution in [2.75, 3.05) is 19.8 Å². The molecule has 0 amide bonds. The van der Waals surface area contributed by atoms with Gasteiger partial charge < -0.3 is 20.1 Å². The quantitative estimate of drug-likeness (QED) is 0.104. The molecule has 3 N–H and O–H groups in total. The SMILES string of the molecule is CCCCCCCCCc1ccc(OC(c2ccc(CCCCCCCCC)cc2C(C)(C)C)C(CO)(CO)CO)c(C(C)(C)C)c1. The van der Waals surface area contributed by atoms with Crippen molar-refractivity contribution < 1.29 is 20.1 Å². The largest absolute Gasteiger partial charge is 0.485 e. The fourth-order valence-corrected chi connectivity index (χ4v) is 6.68. The molecular formula is C43H72O4. The third-order valence-corrected chi connectivity index (χ3v) is 9.94. The maximum absolute atomic E-state index is 10.7. The Morgan fingerprint density at radius 2 is 0.936 bits per heavy atom. The summed E-state index contributed by atoms with van der Waals surface area (Å²) in [5, 5.41) is 32.2. The van der Waals surface area contributed by atoms with Crippen LogP contribution in [0.15, 0.2) is 36.4 Å². The molecule has 1 unspecified atom stereocenters. The molecule has 0 aliphatic carbocycles. The monoisotopic (exact) mass is 653 g/mol. The van der Waals surface area contributed by atoms with Gasteiger partial charge in [-0.25, -0.2) is 0 Å². The lowest BCUT2D eigenvalue weighted by Crippen LogP contribution is -2.43. The molecule has 2 rings (SSSR count). The number of aliphatic hydroxyl groups excluding tert-OH is 3. The molecule has 0 spiro atoms. The summed E-state index contributed by atoms with van der Waals surface area (Å²) in [4.78, 5) is 0. The molecule has 0 aliphatic heterocycles. The third kappa shape index (κ3) is 13.2. The van der Waals surface area contributed by atoms with Gasteiger partial charge in [-0.1, -0.05) is 163 Å². The second-order valence-electron chi connectivity index (χ2n) is 16.3. The molecule has 0 saturated carbocycles. The van der Waals surface area contributed by atoms with E-state index in [9.17, 15) is 15.3 Å². The molecule has 0 heterocycles. The van der Waals surface area contributed by atoms with Crippen molar-refractivity contribution in [1.29, 1.82) is 0 Å². The van der Waals surface area contributed by atoms with E-state index >= 15 is 0 Å². The van der Waals surface area contributed by atoms with Gasteiger partial charge in [-0.15, -0.1) is 0 Å². The third-order valence-electron chi connectivity index (χ3n) is 9.94. The predicted molar refractivity (Wildman–Crippen MR) is 201 cm³/mol. The van der Waals surface area contributed by atoms with E-state index in [1.807, 2.05) is 0 Å². The van der Waals surface area contributed by atoms with Crippen molar-refractivity contribution in [1.82, 2.24) is 0 Å². The fourth-order valence-electron chi connectivity index (χ4n) is 6.68. The number of ether oxygens (including phenoxy) is 1. The molecule has 0 fully saturated rings. The zero-order valence-corrected chi connectivity index (χ0v) is 31.7. The summed E-state index contributed by atoms with van der Waals surface area (Å²) >= 11 is 0. The minimum absolute atomic E-state index is 0.177. The van der Waals surface area contributed by atoms with Crippen LogP contribution >= 0.6 is 0 Å². The Kier molecular flexibility index (Phi) is 18.1. The molecule has 0 aromatic heterocycles. The number of aryl methyl sites for hydroxylation is 2. The van der Waals surface area contributed by atoms with Gasteiger partial charge in [-0.3, -0.25) is 0 Å². The summed E-state index contributed by atoms with van der Waals surface area (Å²) in [6, 6.07) is 13.2. The molecule has 47 heavy (non-hydrogen) atoms. The van der Waals surface area contributed by atoms with Gasteiger partial charge in [-0.05, 0) is 70.4 Å². The van der Waals surface area contributed by atoms with Crippen molar-refractivity contribution in [2.24, 2.45) is 5.41 Å². The lowest BCUT2D eigenvalue weighted by molar-refractivity contribution is -0.0752. The number of hydrogen-bond donors (Lipinski definition) is 3. The first kappa shape index (κ1) is 41.3. The van der Waals surface area contributed by atoms with Gasteiger partial charge in [0.15, 0.2) is 0 Å². The van der Waals surface area contributed by atoms with Gasteiger partial charge in [0, 0.05) is 0 Å². The summed E-state index contributed by atoms with van der Waals surface area (Å²) in [7, 11) is 0. The van der Waals surface area contributed by atoms with E-state index in [1.165, 1.54) is 101 Å². The lowest BCUT2D eigenvalue weighted by Gasteiger charge is -2.40. The van der Waals surface area contributed by atoms with Crippen molar-refractivity contribution in [3.63, 3.8) is 0 Å². The Bertz CT molecular complexity index is 1130. The Morgan fingerprint density at radius 1 is 0.532 bits per heavy atom. The maximum Gasteiger partial charge on any atom is 0.136 e. The van der Waals surface area contributed by atoms with Crippen LogP contribution in [0.2, 0.25) is 0 Å². The van der Waals surface area contributed by atoms with E-state index in [0.29, 0.717) is 0 Å². The van der Waals surface area contributed by atoms with Crippen molar-refractivity contribution in [3.8, 4) is 5.75 Å². The van der Waals surface area contributed by atoms with Gasteiger partial charge in [-0.2, -0.15) is 0 Å². The van der Waals surface area contributed by atoms with Gasteiger partial charge >= 0.3 is 0 Å². The highest BCUT2D eigenvalue weighted by Gasteiger charge is 2.43. The van der Waals surface area contributed by atoms with Gasteiger partial charge in [0.25, 0.3) is 0 Å². The van der Waals surface area contributed by atoms with Crippen LogP contribution in [0.25, 0.3) is 0 Å². The average Bonchev–Trinajstić information content (AvgIpc) is 3.04. The lowest BCUT2D eigenvalue weighted by atomic mass is 9.74. The molecule has 4 heteroatoms. The van der Waals surface area contributed by atoms with E-state index in [4.69, 9.17) is 4.74 Å². The van der Waals surface area contributed by atoms with Crippen molar-refractivity contribution in [3.05, 3.63) is 64.2 Å². The maximum atomic E-state index is 10.7. The fraction of sp³-hybridized carbons (Fsp3) is 0.721. The number of rotatable bonds is 23. The molecule has 4 nitrogen and oxygen atoms in total. The molecular weight excluding hydrogens is 580 g/mol. The van der Waals surface area contributed by atoms with Crippen LogP contribution in [0, 0.1) is 5.41 Å². The number of unbranched alkanes of at least 4 members (excludes halogenated alkanes) is 12. The molecule has 2 aromatic carbocycles. The smallest absolute Gasteiger partial charge is 0.136 e. The minimum Gasteiger partial charge on any atom is -0.485 e. The Morgan fingerprint density at radius 3 is 1.36 bits per heavy atom. The first-order valence-electron chi connectivity index (χ1n) is 19.1. The Labute approximate surface area is 289 Å². The van der Waals surface area contributed by atoms with Crippen LogP contribution in [0.5, 0.6) is 5.75 Å². The standard InChI is InChI=1S/C43H72O4/c1-9-11-13-15-17-19-21-23-34-25-27-36(37(29-34)41(3,4)5)40(43(31-44,32-45)33-46)47-39-28-26-35(30-38(39)42(6,7)8)24-22-20-18-16-14-12-10-2/h25-30,40,44-46H,9-24,31-33H2,1-8H3. The predicted octanol–water partition coefficient (Wildman–Crippen LogP) is 11.0. The zero-order valence-electron chi connectivity index (χ0n) is 31.7. The Hall–Kier alpha value is -1.88. The van der Waals surface area contributed by atoms with Crippen LogP contribution < -0.4 is 4.74 Å². The van der Waals surface area contributed by atoms with E-state index in [-0.39, 0.29) is 10.8 Å². The topological polar surface area (TPSA) is 69.9 Å².